The smallest absolute Gasteiger partial charge is 0.255 e. The Morgan fingerprint density at radius 3 is 2.60 bits per heavy atom. The monoisotopic (exact) mass is 195 g/mol. The molecule has 1 N–H and O–H groups in total. The Kier molecular flexibility index (Phi) is 1.62. The van der Waals surface area contributed by atoms with Gasteiger partial charge in [0.2, 0.25) is 0 Å². The standard InChI is InChI=1S/C13H9NO/c15-13-12-6-5-9-3-1-2-4-10(9)11(12)7-8-14-13/h1-8H,(H,14,15). The molecule has 72 valence electrons. The van der Waals surface area contributed by atoms with Gasteiger partial charge in [0.05, 0.1) is 0 Å². The zero-order valence-corrected chi connectivity index (χ0v) is 8.03. The summed E-state index contributed by atoms with van der Waals surface area (Å²) in [6.07, 6.45) is 1.69. The zero-order chi connectivity index (χ0) is 10.3. The predicted octanol–water partition coefficient (Wildman–Crippen LogP) is 2.68. The largest absolute Gasteiger partial charge is 0.329 e. The third-order valence-electron chi connectivity index (χ3n) is 2.68. The lowest BCUT2D eigenvalue weighted by atomic mass is 10.0. The molecule has 0 atom stereocenters. The van der Waals surface area contributed by atoms with Crippen molar-refractivity contribution in [1.29, 1.82) is 0 Å². The van der Waals surface area contributed by atoms with E-state index in [1.807, 2.05) is 36.4 Å². The van der Waals surface area contributed by atoms with Gasteiger partial charge in [-0.1, -0.05) is 30.3 Å². The molecule has 0 saturated carbocycles. The van der Waals surface area contributed by atoms with E-state index in [-0.39, 0.29) is 5.56 Å². The van der Waals surface area contributed by atoms with Crippen LogP contribution in [0.4, 0.5) is 0 Å². The summed E-state index contributed by atoms with van der Waals surface area (Å²) in [5.41, 5.74) is -0.0294. The quantitative estimate of drug-likeness (QED) is 0.549. The van der Waals surface area contributed by atoms with Gasteiger partial charge in [0.1, 0.15) is 0 Å². The molecule has 0 unspecified atom stereocenters. The van der Waals surface area contributed by atoms with Crippen molar-refractivity contribution < 1.29 is 0 Å². The maximum Gasteiger partial charge on any atom is 0.255 e. The van der Waals surface area contributed by atoms with Gasteiger partial charge < -0.3 is 4.98 Å². The summed E-state index contributed by atoms with van der Waals surface area (Å²) in [6.45, 7) is 0. The fourth-order valence-corrected chi connectivity index (χ4v) is 1.95. The number of aromatic amines is 1. The average Bonchev–Trinajstić information content (AvgIpc) is 2.29. The minimum atomic E-state index is -0.0294. The Hall–Kier alpha value is -2.09. The van der Waals surface area contributed by atoms with Crippen LogP contribution in [0.3, 0.4) is 0 Å². The van der Waals surface area contributed by atoms with Crippen molar-refractivity contribution in [1.82, 2.24) is 4.98 Å². The first-order valence-corrected chi connectivity index (χ1v) is 4.85. The molecule has 0 amide bonds. The number of pyridine rings is 1. The molecule has 0 radical (unpaired) electrons. The van der Waals surface area contributed by atoms with E-state index in [9.17, 15) is 4.79 Å². The van der Waals surface area contributed by atoms with E-state index in [2.05, 4.69) is 11.1 Å². The van der Waals surface area contributed by atoms with E-state index < -0.39 is 0 Å². The Labute approximate surface area is 86.2 Å². The molecule has 0 spiro atoms. The highest BCUT2D eigenvalue weighted by molar-refractivity contribution is 6.06. The van der Waals surface area contributed by atoms with Gasteiger partial charge in [0, 0.05) is 11.6 Å². The van der Waals surface area contributed by atoms with E-state index in [0.717, 1.165) is 21.5 Å². The van der Waals surface area contributed by atoms with E-state index >= 15 is 0 Å². The number of fused-ring (bicyclic) bond motifs is 3. The molecule has 0 saturated heterocycles. The first kappa shape index (κ1) is 8.24. The molecule has 0 aliphatic heterocycles. The molecule has 1 heterocycles. The van der Waals surface area contributed by atoms with Crippen molar-refractivity contribution in [2.75, 3.05) is 0 Å². The van der Waals surface area contributed by atoms with Gasteiger partial charge in [-0.2, -0.15) is 0 Å². The third-order valence-corrected chi connectivity index (χ3v) is 2.68. The summed E-state index contributed by atoms with van der Waals surface area (Å²) in [7, 11) is 0. The van der Waals surface area contributed by atoms with Crippen LogP contribution in [0.25, 0.3) is 21.5 Å². The lowest BCUT2D eigenvalue weighted by molar-refractivity contribution is 1.28. The van der Waals surface area contributed by atoms with Crippen LogP contribution in [0.1, 0.15) is 0 Å². The maximum absolute atomic E-state index is 11.6. The van der Waals surface area contributed by atoms with Crippen molar-refractivity contribution in [2.45, 2.75) is 0 Å². The minimum Gasteiger partial charge on any atom is -0.329 e. The summed E-state index contributed by atoms with van der Waals surface area (Å²) in [6, 6.07) is 13.9. The molecule has 15 heavy (non-hydrogen) atoms. The molecule has 1 aromatic heterocycles. The molecule has 0 aliphatic rings. The van der Waals surface area contributed by atoms with Gasteiger partial charge in [-0.15, -0.1) is 0 Å². The van der Waals surface area contributed by atoms with Gasteiger partial charge in [0.25, 0.3) is 5.56 Å². The normalized spacial score (nSPS) is 10.9. The molecule has 2 nitrogen and oxygen atoms in total. The summed E-state index contributed by atoms with van der Waals surface area (Å²) in [4.78, 5) is 14.3. The number of rotatable bonds is 0. The van der Waals surface area contributed by atoms with Crippen molar-refractivity contribution in [3.8, 4) is 0 Å². The van der Waals surface area contributed by atoms with Crippen LogP contribution in [-0.2, 0) is 0 Å². The minimum absolute atomic E-state index is 0.0294. The number of aromatic nitrogens is 1. The SMILES string of the molecule is O=c1[nH]ccc2c1ccc1ccccc12. The van der Waals surface area contributed by atoms with Crippen LogP contribution in [-0.4, -0.2) is 4.98 Å². The molecule has 3 aromatic rings. The molecule has 0 fully saturated rings. The first-order chi connectivity index (χ1) is 7.36. The summed E-state index contributed by atoms with van der Waals surface area (Å²) < 4.78 is 0. The second-order valence-electron chi connectivity index (χ2n) is 3.55. The van der Waals surface area contributed by atoms with Crippen molar-refractivity contribution in [2.24, 2.45) is 0 Å². The molecule has 0 bridgehead atoms. The van der Waals surface area contributed by atoms with Gasteiger partial charge >= 0.3 is 0 Å². The second kappa shape index (κ2) is 2.95. The van der Waals surface area contributed by atoms with Crippen LogP contribution in [0.2, 0.25) is 0 Å². The Bertz CT molecular complexity index is 697. The molecular weight excluding hydrogens is 186 g/mol. The summed E-state index contributed by atoms with van der Waals surface area (Å²) in [5, 5.41) is 4.05. The predicted molar refractivity (Wildman–Crippen MR) is 62.1 cm³/mol. The third kappa shape index (κ3) is 1.15. The van der Waals surface area contributed by atoms with Crippen LogP contribution >= 0.6 is 0 Å². The number of H-pyrrole nitrogens is 1. The number of nitrogens with one attached hydrogen (secondary N) is 1. The van der Waals surface area contributed by atoms with E-state index in [0.29, 0.717) is 0 Å². The lowest BCUT2D eigenvalue weighted by Crippen LogP contribution is -2.03. The number of hydrogen-bond acceptors (Lipinski definition) is 1. The fraction of sp³-hybridized carbons (Fsp3) is 0. The van der Waals surface area contributed by atoms with Crippen molar-refractivity contribution >= 4 is 21.5 Å². The number of benzene rings is 2. The molecule has 2 heteroatoms. The molecule has 3 rings (SSSR count). The highest BCUT2D eigenvalue weighted by atomic mass is 16.1. The molecular formula is C13H9NO. The lowest BCUT2D eigenvalue weighted by Gasteiger charge is -2.01. The van der Waals surface area contributed by atoms with Crippen molar-refractivity contribution in [3.63, 3.8) is 0 Å². The van der Waals surface area contributed by atoms with E-state index in [4.69, 9.17) is 0 Å². The van der Waals surface area contributed by atoms with Crippen LogP contribution in [0.5, 0.6) is 0 Å². The highest BCUT2D eigenvalue weighted by Crippen LogP contribution is 2.22. The Morgan fingerprint density at radius 1 is 0.800 bits per heavy atom. The molecule has 2 aromatic carbocycles. The fourth-order valence-electron chi connectivity index (χ4n) is 1.95. The van der Waals surface area contributed by atoms with Crippen LogP contribution < -0.4 is 5.56 Å². The van der Waals surface area contributed by atoms with Gasteiger partial charge in [-0.3, -0.25) is 4.79 Å². The Morgan fingerprint density at radius 2 is 1.67 bits per heavy atom. The number of hydrogen-bond donors (Lipinski definition) is 1. The summed E-state index contributed by atoms with van der Waals surface area (Å²) in [5.74, 6) is 0. The van der Waals surface area contributed by atoms with Gasteiger partial charge in [-0.25, -0.2) is 0 Å². The zero-order valence-electron chi connectivity index (χ0n) is 8.03. The van der Waals surface area contributed by atoms with Crippen molar-refractivity contribution in [3.05, 3.63) is 59.0 Å². The van der Waals surface area contributed by atoms with E-state index in [1.165, 1.54) is 0 Å². The average molecular weight is 195 g/mol. The topological polar surface area (TPSA) is 32.9 Å². The highest BCUT2D eigenvalue weighted by Gasteiger charge is 2.01. The maximum atomic E-state index is 11.6. The van der Waals surface area contributed by atoms with Crippen LogP contribution in [0, 0.1) is 0 Å². The van der Waals surface area contributed by atoms with E-state index in [1.54, 1.807) is 6.20 Å². The van der Waals surface area contributed by atoms with Gasteiger partial charge in [-0.05, 0) is 28.3 Å². The Balaban J connectivity index is 2.67. The second-order valence-corrected chi connectivity index (χ2v) is 3.55. The van der Waals surface area contributed by atoms with Crippen LogP contribution in [0.15, 0.2) is 53.5 Å². The first-order valence-electron chi connectivity index (χ1n) is 4.85. The summed E-state index contributed by atoms with van der Waals surface area (Å²) >= 11 is 0. The van der Waals surface area contributed by atoms with Gasteiger partial charge in [0.15, 0.2) is 0 Å². The molecule has 0 aliphatic carbocycles.